The lowest BCUT2D eigenvalue weighted by Gasteiger charge is -2.28. The normalized spacial score (nSPS) is 17.5. The zero-order valence-corrected chi connectivity index (χ0v) is 19.5. The fourth-order valence-corrected chi connectivity index (χ4v) is 5.17. The Morgan fingerprint density at radius 2 is 2.06 bits per heavy atom. The van der Waals surface area contributed by atoms with Gasteiger partial charge in [0.1, 0.15) is 5.69 Å². The Bertz CT molecular complexity index is 1010. The quantitative estimate of drug-likeness (QED) is 0.627. The number of carbonyl (C=O) groups is 1. The SMILES string of the molecule is Cc1sc(N(CCOC2CCCCC2)C2=CC=C(C#N)CC2)nc1C(=O)NS(C)(=O)=O. The highest BCUT2D eigenvalue weighted by Crippen LogP contribution is 2.32. The molecule has 0 bridgehead atoms. The van der Waals surface area contributed by atoms with Crippen molar-refractivity contribution < 1.29 is 17.9 Å². The summed E-state index contributed by atoms with van der Waals surface area (Å²) in [5, 5.41) is 9.74. The van der Waals surface area contributed by atoms with E-state index in [1.807, 2.05) is 21.8 Å². The van der Waals surface area contributed by atoms with Crippen LogP contribution >= 0.6 is 11.3 Å². The predicted molar refractivity (Wildman–Crippen MR) is 120 cm³/mol. The average Bonchev–Trinajstić information content (AvgIpc) is 3.12. The third-order valence-electron chi connectivity index (χ3n) is 5.35. The van der Waals surface area contributed by atoms with Crippen LogP contribution in [0.4, 0.5) is 5.13 Å². The van der Waals surface area contributed by atoms with Crippen molar-refractivity contribution in [3.63, 3.8) is 0 Å². The van der Waals surface area contributed by atoms with Gasteiger partial charge in [-0.3, -0.25) is 4.79 Å². The molecule has 2 aliphatic carbocycles. The second-order valence-corrected chi connectivity index (χ2v) is 10.8. The van der Waals surface area contributed by atoms with Gasteiger partial charge in [-0.2, -0.15) is 5.26 Å². The van der Waals surface area contributed by atoms with Crippen molar-refractivity contribution in [1.82, 2.24) is 9.71 Å². The number of thiazole rings is 1. The third-order valence-corrected chi connectivity index (χ3v) is 6.90. The van der Waals surface area contributed by atoms with E-state index in [1.165, 1.54) is 30.6 Å². The van der Waals surface area contributed by atoms with Crippen LogP contribution in [0, 0.1) is 18.3 Å². The second kappa shape index (κ2) is 10.4. The summed E-state index contributed by atoms with van der Waals surface area (Å²) in [4.78, 5) is 19.5. The minimum atomic E-state index is -3.67. The van der Waals surface area contributed by atoms with E-state index in [-0.39, 0.29) is 11.8 Å². The molecule has 0 aromatic carbocycles. The number of ether oxygens (including phenoxy) is 1. The number of hydrogen-bond acceptors (Lipinski definition) is 8. The van der Waals surface area contributed by atoms with Crippen LogP contribution in [0.3, 0.4) is 0 Å². The summed E-state index contributed by atoms with van der Waals surface area (Å²) < 4.78 is 31.0. The molecule has 1 fully saturated rings. The number of hydrogen-bond donors (Lipinski definition) is 1. The molecule has 1 N–H and O–H groups in total. The Morgan fingerprint density at radius 3 is 2.68 bits per heavy atom. The molecule has 0 spiro atoms. The smallest absolute Gasteiger partial charge is 0.284 e. The van der Waals surface area contributed by atoms with Crippen LogP contribution in [0.1, 0.15) is 60.3 Å². The maximum atomic E-state index is 12.3. The van der Waals surface area contributed by atoms with Crippen LogP contribution in [0.15, 0.2) is 23.4 Å². The highest BCUT2D eigenvalue weighted by atomic mass is 32.2. The zero-order chi connectivity index (χ0) is 22.4. The van der Waals surface area contributed by atoms with Gasteiger partial charge in [-0.05, 0) is 44.8 Å². The lowest BCUT2D eigenvalue weighted by atomic mass is 9.98. The first-order chi connectivity index (χ1) is 14.8. The number of nitriles is 1. The number of carbonyl (C=O) groups excluding carboxylic acids is 1. The van der Waals surface area contributed by atoms with E-state index in [0.717, 1.165) is 30.4 Å². The molecule has 0 unspecified atom stereocenters. The van der Waals surface area contributed by atoms with Crippen LogP contribution < -0.4 is 9.62 Å². The van der Waals surface area contributed by atoms with Crippen molar-refractivity contribution in [3.05, 3.63) is 34.0 Å². The first kappa shape index (κ1) is 23.4. The Labute approximate surface area is 187 Å². The molecule has 1 heterocycles. The molecule has 0 radical (unpaired) electrons. The molecule has 1 saturated carbocycles. The van der Waals surface area contributed by atoms with Gasteiger partial charge in [-0.1, -0.05) is 19.3 Å². The predicted octanol–water partition coefficient (Wildman–Crippen LogP) is 3.42. The topological polar surface area (TPSA) is 112 Å². The second-order valence-electron chi connectivity index (χ2n) is 7.85. The highest BCUT2D eigenvalue weighted by molar-refractivity contribution is 7.89. The molecule has 0 aliphatic heterocycles. The van der Waals surface area contributed by atoms with Crippen LogP contribution in [0.25, 0.3) is 0 Å². The summed E-state index contributed by atoms with van der Waals surface area (Å²) in [6, 6.07) is 2.19. The van der Waals surface area contributed by atoms with Gasteiger partial charge >= 0.3 is 0 Å². The van der Waals surface area contributed by atoms with Crippen molar-refractivity contribution in [2.45, 2.75) is 58.0 Å². The summed E-state index contributed by atoms with van der Waals surface area (Å²) >= 11 is 1.34. The minimum absolute atomic E-state index is 0.105. The molecule has 168 valence electrons. The lowest BCUT2D eigenvalue weighted by molar-refractivity contribution is 0.0330. The number of sulfonamides is 1. The van der Waals surface area contributed by atoms with Gasteiger partial charge < -0.3 is 9.64 Å². The molecule has 1 amide bonds. The zero-order valence-electron chi connectivity index (χ0n) is 17.9. The van der Waals surface area contributed by atoms with Gasteiger partial charge in [0.05, 0.1) is 25.0 Å². The van der Waals surface area contributed by atoms with E-state index >= 15 is 0 Å². The van der Waals surface area contributed by atoms with E-state index in [9.17, 15) is 13.2 Å². The maximum absolute atomic E-state index is 12.3. The average molecular weight is 465 g/mol. The Balaban J connectivity index is 1.80. The van der Waals surface area contributed by atoms with Gasteiger partial charge in [-0.15, -0.1) is 11.3 Å². The summed E-state index contributed by atoms with van der Waals surface area (Å²) in [5.74, 6) is -0.731. The van der Waals surface area contributed by atoms with E-state index in [4.69, 9.17) is 10.00 Å². The number of nitrogens with zero attached hydrogens (tertiary/aromatic N) is 3. The van der Waals surface area contributed by atoms with Gasteiger partial charge in [-0.25, -0.2) is 18.1 Å². The fourth-order valence-electron chi connectivity index (χ4n) is 3.77. The van der Waals surface area contributed by atoms with Gasteiger partial charge in [0, 0.05) is 22.7 Å². The maximum Gasteiger partial charge on any atom is 0.284 e. The van der Waals surface area contributed by atoms with Crippen LogP contribution in [0.5, 0.6) is 0 Å². The Morgan fingerprint density at radius 1 is 1.32 bits per heavy atom. The van der Waals surface area contributed by atoms with Crippen molar-refractivity contribution in [2.24, 2.45) is 0 Å². The van der Waals surface area contributed by atoms with Crippen molar-refractivity contribution in [2.75, 3.05) is 24.3 Å². The third kappa shape index (κ3) is 6.63. The number of amides is 1. The number of nitrogens with one attached hydrogen (secondary N) is 1. The van der Waals surface area contributed by atoms with E-state index in [1.54, 1.807) is 6.92 Å². The number of aromatic nitrogens is 1. The standard InChI is InChI=1S/C21H28N4O4S2/c1-15-19(20(26)24-31(2,27)28)23-21(30-15)25(17-10-8-16(14-22)9-11-17)12-13-29-18-6-4-3-5-7-18/h8,10,18H,3-7,9,11-13H2,1-2H3,(H,24,26). The van der Waals surface area contributed by atoms with Gasteiger partial charge in [0.2, 0.25) is 10.0 Å². The van der Waals surface area contributed by atoms with Crippen LogP contribution in [0.2, 0.25) is 0 Å². The molecule has 1 aromatic heterocycles. The molecule has 3 rings (SSSR count). The molecule has 2 aliphatic rings. The van der Waals surface area contributed by atoms with Crippen molar-refractivity contribution >= 4 is 32.4 Å². The molecule has 1 aromatic rings. The molecule has 10 heteroatoms. The molecule has 0 saturated heterocycles. The van der Waals surface area contributed by atoms with Gasteiger partial charge in [0.15, 0.2) is 5.13 Å². The van der Waals surface area contributed by atoms with Crippen LogP contribution in [-0.2, 0) is 14.8 Å². The fraction of sp³-hybridized carbons (Fsp3) is 0.571. The summed E-state index contributed by atoms with van der Waals surface area (Å²) in [6.07, 6.45) is 12.1. The van der Waals surface area contributed by atoms with E-state index in [2.05, 4.69) is 11.1 Å². The van der Waals surface area contributed by atoms with E-state index < -0.39 is 15.9 Å². The number of aryl methyl sites for hydroxylation is 1. The van der Waals surface area contributed by atoms with Crippen molar-refractivity contribution in [3.8, 4) is 6.07 Å². The minimum Gasteiger partial charge on any atom is -0.376 e. The molecule has 8 nitrogen and oxygen atoms in total. The van der Waals surface area contributed by atoms with E-state index in [0.29, 0.717) is 36.0 Å². The number of rotatable bonds is 8. The first-order valence-corrected chi connectivity index (χ1v) is 13.2. The summed E-state index contributed by atoms with van der Waals surface area (Å²) in [5.41, 5.74) is 1.83. The van der Waals surface area contributed by atoms with Crippen molar-refractivity contribution in [1.29, 1.82) is 5.26 Å². The Hall–Kier alpha value is -2.22. The molecular weight excluding hydrogens is 436 g/mol. The summed E-state index contributed by atoms with van der Waals surface area (Å²) in [6.45, 7) is 2.84. The monoisotopic (exact) mass is 464 g/mol. The largest absolute Gasteiger partial charge is 0.376 e. The van der Waals surface area contributed by atoms with Gasteiger partial charge in [0.25, 0.3) is 5.91 Å². The first-order valence-electron chi connectivity index (χ1n) is 10.5. The molecule has 0 atom stereocenters. The summed E-state index contributed by atoms with van der Waals surface area (Å²) in [7, 11) is -3.67. The molecular formula is C21H28N4O4S2. The number of allylic oxidation sites excluding steroid dienone is 4. The molecule has 31 heavy (non-hydrogen) atoms. The number of anilines is 1. The lowest BCUT2D eigenvalue weighted by Crippen LogP contribution is -2.31. The Kier molecular flexibility index (Phi) is 7.86. The van der Waals surface area contributed by atoms with Crippen LogP contribution in [-0.4, -0.2) is 44.8 Å². The highest BCUT2D eigenvalue weighted by Gasteiger charge is 2.24.